The monoisotopic (exact) mass is 89.1 g/mol. The van der Waals surface area contributed by atoms with Crippen LogP contribution in [0.15, 0.2) is 0 Å². The van der Waals surface area contributed by atoms with E-state index in [9.17, 15) is 0 Å². The van der Waals surface area contributed by atoms with Crippen LogP contribution in [0.5, 0.6) is 0 Å². The van der Waals surface area contributed by atoms with Crippen LogP contribution in [0.2, 0.25) is 6.32 Å². The van der Waals surface area contributed by atoms with Crippen molar-refractivity contribution in [1.82, 2.24) is 0 Å². The summed E-state index contributed by atoms with van der Waals surface area (Å²) >= 11 is 0. The minimum absolute atomic E-state index is 0. The summed E-state index contributed by atoms with van der Waals surface area (Å²) in [4.78, 5) is 0. The van der Waals surface area contributed by atoms with Crippen LogP contribution < -0.4 is 5.73 Å². The van der Waals surface area contributed by atoms with Crippen molar-refractivity contribution in [3.63, 3.8) is 0 Å². The molecule has 0 unspecified atom stereocenters. The van der Waals surface area contributed by atoms with E-state index in [1.54, 1.807) is 0 Å². The predicted molar refractivity (Wildman–Crippen MR) is 23.5 cm³/mol. The first-order valence-corrected chi connectivity index (χ1v) is 1.32. The standard InChI is InChI=1S/C2H6BN.2H2O/c3-1-2-4;;/h1-2,4H2;2*1H2/q+2;;/p-2. The number of nitrogens with two attached hydrogens (primary N) is 1. The van der Waals surface area contributed by atoms with Crippen molar-refractivity contribution in [2.75, 3.05) is 6.54 Å². The molecule has 0 aromatic rings. The molecule has 3 nitrogen and oxygen atoms in total. The average molecular weight is 88.9 g/mol. The van der Waals surface area contributed by atoms with Crippen LogP contribution in [0.4, 0.5) is 0 Å². The van der Waals surface area contributed by atoms with Gasteiger partial charge in [-0.05, 0) is 0 Å². The Kier molecular flexibility index (Phi) is 56.8. The van der Waals surface area contributed by atoms with Crippen molar-refractivity contribution in [1.29, 1.82) is 0 Å². The SMILES string of the molecule is [B+2]CCN.[OH-].[OH-]. The first-order chi connectivity index (χ1) is 1.91. The van der Waals surface area contributed by atoms with E-state index in [0.717, 1.165) is 0 Å². The topological polar surface area (TPSA) is 86.0 Å². The van der Waals surface area contributed by atoms with E-state index in [-0.39, 0.29) is 11.0 Å². The minimum atomic E-state index is 0. The molecule has 0 saturated heterocycles. The van der Waals surface area contributed by atoms with Gasteiger partial charge in [0.2, 0.25) is 0 Å². The van der Waals surface area contributed by atoms with Crippen molar-refractivity contribution < 1.29 is 11.0 Å². The van der Waals surface area contributed by atoms with Gasteiger partial charge in [-0.25, -0.2) is 0 Å². The molecule has 0 spiro atoms. The Bertz CT molecular complexity index is 13.5. The predicted octanol–water partition coefficient (Wildman–Crippen LogP) is -0.822. The smallest absolute Gasteiger partial charge is 0.870 e. The van der Waals surface area contributed by atoms with Crippen LogP contribution in [0.3, 0.4) is 0 Å². The molecule has 6 heavy (non-hydrogen) atoms. The zero-order valence-corrected chi connectivity index (χ0v) is 3.46. The van der Waals surface area contributed by atoms with Crippen molar-refractivity contribution >= 4 is 7.85 Å². The fourth-order valence-corrected chi connectivity index (χ4v) is 0. The molecule has 0 heterocycles. The molecule has 4 N–H and O–H groups in total. The van der Waals surface area contributed by atoms with Gasteiger partial charge in [-0.1, -0.05) is 0 Å². The summed E-state index contributed by atoms with van der Waals surface area (Å²) in [5, 5.41) is 0. The van der Waals surface area contributed by atoms with E-state index in [1.807, 2.05) is 0 Å². The molecule has 0 bridgehead atoms. The van der Waals surface area contributed by atoms with Gasteiger partial charge in [0.25, 0.3) is 0 Å². The first-order valence-electron chi connectivity index (χ1n) is 1.32. The summed E-state index contributed by atoms with van der Waals surface area (Å²) in [5.41, 5.74) is 4.90. The van der Waals surface area contributed by atoms with Crippen LogP contribution in [0.1, 0.15) is 0 Å². The molecular formula is C2H8BNO2. The molecule has 0 fully saturated rings. The minimum Gasteiger partial charge on any atom is -0.870 e. The third-order valence-electron chi connectivity index (χ3n) is 0.167. The third-order valence-corrected chi connectivity index (χ3v) is 0.167. The van der Waals surface area contributed by atoms with Crippen LogP contribution in [-0.2, 0) is 0 Å². The van der Waals surface area contributed by atoms with Crippen LogP contribution >= 0.6 is 0 Å². The maximum absolute atomic E-state index is 4.90. The second kappa shape index (κ2) is 20.3. The Morgan fingerprint density at radius 1 is 1.33 bits per heavy atom. The van der Waals surface area contributed by atoms with E-state index in [2.05, 4.69) is 0 Å². The number of hydrogen-bond acceptors (Lipinski definition) is 3. The molecule has 0 radical (unpaired) electrons. The average Bonchev–Trinajstić information content (AvgIpc) is 1.37. The van der Waals surface area contributed by atoms with Crippen molar-refractivity contribution in [2.45, 2.75) is 6.32 Å². The van der Waals surface area contributed by atoms with Crippen molar-refractivity contribution in [2.24, 2.45) is 5.73 Å². The molecule has 0 atom stereocenters. The Balaban J connectivity index is -0.0000000450. The van der Waals surface area contributed by atoms with Gasteiger partial charge < -0.3 is 11.0 Å². The fraction of sp³-hybridized carbons (Fsp3) is 1.00. The Hall–Kier alpha value is -0.0551. The maximum atomic E-state index is 4.90. The fourth-order valence-electron chi connectivity index (χ4n) is 0. The summed E-state index contributed by atoms with van der Waals surface area (Å²) < 4.78 is 0. The van der Waals surface area contributed by atoms with E-state index in [0.29, 0.717) is 12.9 Å². The second-order valence-electron chi connectivity index (χ2n) is 0.577. The maximum Gasteiger partial charge on any atom is -0.870 e. The zero-order valence-electron chi connectivity index (χ0n) is 3.46. The quantitative estimate of drug-likeness (QED) is 0.425. The second-order valence-corrected chi connectivity index (χ2v) is 0.577. The molecule has 36 valence electrons. The van der Waals surface area contributed by atoms with Gasteiger partial charge in [0.1, 0.15) is 0 Å². The molecule has 0 amide bonds. The van der Waals surface area contributed by atoms with Crippen LogP contribution in [0, 0.1) is 0 Å². The van der Waals surface area contributed by atoms with E-state index < -0.39 is 0 Å². The van der Waals surface area contributed by atoms with Gasteiger partial charge in [0, 0.05) is 0 Å². The summed E-state index contributed by atoms with van der Waals surface area (Å²) in [6.07, 6.45) is 0.597. The van der Waals surface area contributed by atoms with Gasteiger partial charge in [-0.15, -0.1) is 0 Å². The largest absolute Gasteiger partial charge is 0.870 e. The van der Waals surface area contributed by atoms with E-state index >= 15 is 0 Å². The summed E-state index contributed by atoms with van der Waals surface area (Å²) in [6, 6.07) is 0. The van der Waals surface area contributed by atoms with E-state index in [4.69, 9.17) is 13.6 Å². The van der Waals surface area contributed by atoms with E-state index in [1.165, 1.54) is 0 Å². The molecule has 0 rings (SSSR count). The summed E-state index contributed by atoms with van der Waals surface area (Å²) in [6.45, 7) is 0.597. The van der Waals surface area contributed by atoms with Gasteiger partial charge in [-0.3, -0.25) is 0 Å². The summed E-state index contributed by atoms with van der Waals surface area (Å²) in [5.74, 6) is 0. The number of rotatable bonds is 1. The molecule has 0 aliphatic carbocycles. The molecule has 0 aromatic carbocycles. The van der Waals surface area contributed by atoms with Gasteiger partial charge in [0.05, 0.1) is 0 Å². The van der Waals surface area contributed by atoms with Gasteiger partial charge in [-0.2, -0.15) is 0 Å². The van der Waals surface area contributed by atoms with Crippen LogP contribution in [0.25, 0.3) is 0 Å². The molecule has 0 aliphatic heterocycles. The van der Waals surface area contributed by atoms with Crippen LogP contribution in [-0.4, -0.2) is 25.3 Å². The third kappa shape index (κ3) is 38.3. The normalized spacial score (nSPS) is 5.17. The molecule has 4 heteroatoms. The van der Waals surface area contributed by atoms with Crippen molar-refractivity contribution in [3.8, 4) is 0 Å². The van der Waals surface area contributed by atoms with Gasteiger partial charge in [0.15, 0.2) is 0 Å². The zero-order chi connectivity index (χ0) is 3.41. The van der Waals surface area contributed by atoms with Crippen molar-refractivity contribution in [3.05, 3.63) is 0 Å². The Morgan fingerprint density at radius 2 is 1.50 bits per heavy atom. The summed E-state index contributed by atoms with van der Waals surface area (Å²) in [7, 11) is 4.90. The van der Waals surface area contributed by atoms with Gasteiger partial charge >= 0.3 is 26.4 Å². The molecule has 0 saturated carbocycles. The Labute approximate surface area is 38.6 Å². The molecule has 0 aliphatic rings. The first kappa shape index (κ1) is 16.8. The molecular weight excluding hydrogens is 80.8 g/mol. The number of hydrogen-bond donors (Lipinski definition) is 1. The Morgan fingerprint density at radius 3 is 1.50 bits per heavy atom. The molecule has 0 aromatic heterocycles.